The summed E-state index contributed by atoms with van der Waals surface area (Å²) in [5.41, 5.74) is 6.53. The molecule has 18 heavy (non-hydrogen) atoms. The van der Waals surface area contributed by atoms with E-state index in [0.29, 0.717) is 12.0 Å². The molecule has 4 rings (SSSR count). The van der Waals surface area contributed by atoms with Crippen LogP contribution in [0.1, 0.15) is 25.7 Å². The summed E-state index contributed by atoms with van der Waals surface area (Å²) in [6.07, 6.45) is 7.01. The van der Waals surface area contributed by atoms with E-state index < -0.39 is 0 Å². The third-order valence-electron chi connectivity index (χ3n) is 3.72. The van der Waals surface area contributed by atoms with Gasteiger partial charge in [-0.2, -0.15) is 15.1 Å². The van der Waals surface area contributed by atoms with Crippen molar-refractivity contribution in [1.82, 2.24) is 20.2 Å². The first-order valence-electron chi connectivity index (χ1n) is 6.54. The highest BCUT2D eigenvalue weighted by atomic mass is 15.3. The van der Waals surface area contributed by atoms with Gasteiger partial charge in [-0.25, -0.2) is 0 Å². The molecule has 0 saturated heterocycles. The molecule has 6 heteroatoms. The number of nitrogen functional groups attached to an aromatic ring is 1. The Labute approximate surface area is 105 Å². The van der Waals surface area contributed by atoms with Gasteiger partial charge in [0.05, 0.1) is 11.6 Å². The zero-order valence-corrected chi connectivity index (χ0v) is 10.1. The molecular formula is C12H16N6. The lowest BCUT2D eigenvalue weighted by Gasteiger charge is -2.24. The molecule has 2 aliphatic carbocycles. The first-order valence-corrected chi connectivity index (χ1v) is 6.54. The van der Waals surface area contributed by atoms with Gasteiger partial charge in [-0.3, -0.25) is 5.10 Å². The van der Waals surface area contributed by atoms with Gasteiger partial charge in [0.25, 0.3) is 0 Å². The number of fused-ring (bicyclic) bond motifs is 1. The number of hydrogen-bond acceptors (Lipinski definition) is 5. The molecule has 3 N–H and O–H groups in total. The smallest absolute Gasteiger partial charge is 0.224 e. The van der Waals surface area contributed by atoms with Crippen LogP contribution in [-0.4, -0.2) is 32.8 Å². The first kappa shape index (κ1) is 10.1. The summed E-state index contributed by atoms with van der Waals surface area (Å²) in [5.74, 6) is 2.12. The third-order valence-corrected chi connectivity index (χ3v) is 3.72. The SMILES string of the molecule is Nc1nc(N(CC2CC2)C2CC2)c2cn[nH]c2n1. The minimum Gasteiger partial charge on any atom is -0.368 e. The lowest BCUT2D eigenvalue weighted by molar-refractivity contribution is 0.712. The van der Waals surface area contributed by atoms with Gasteiger partial charge in [0, 0.05) is 12.6 Å². The minimum atomic E-state index is 0.322. The molecule has 2 aromatic heterocycles. The van der Waals surface area contributed by atoms with E-state index in [2.05, 4.69) is 25.1 Å². The van der Waals surface area contributed by atoms with Crippen molar-refractivity contribution >= 4 is 22.8 Å². The number of nitrogens with two attached hydrogens (primary N) is 1. The summed E-state index contributed by atoms with van der Waals surface area (Å²) in [7, 11) is 0. The predicted octanol–water partition coefficient (Wildman–Crippen LogP) is 1.31. The number of anilines is 2. The molecule has 0 amide bonds. The number of aromatic nitrogens is 4. The van der Waals surface area contributed by atoms with Crippen molar-refractivity contribution < 1.29 is 0 Å². The van der Waals surface area contributed by atoms with Gasteiger partial charge in [-0.1, -0.05) is 0 Å². The third kappa shape index (κ3) is 1.68. The van der Waals surface area contributed by atoms with Crippen molar-refractivity contribution in [2.45, 2.75) is 31.7 Å². The van der Waals surface area contributed by atoms with Crippen molar-refractivity contribution in [2.75, 3.05) is 17.2 Å². The second kappa shape index (κ2) is 3.57. The van der Waals surface area contributed by atoms with E-state index in [1.54, 1.807) is 6.20 Å². The van der Waals surface area contributed by atoms with Crippen molar-refractivity contribution in [2.24, 2.45) is 5.92 Å². The average molecular weight is 244 g/mol. The van der Waals surface area contributed by atoms with Crippen LogP contribution in [0.25, 0.3) is 11.0 Å². The molecule has 2 heterocycles. The normalized spacial score (nSPS) is 19.3. The number of rotatable bonds is 4. The van der Waals surface area contributed by atoms with E-state index in [1.165, 1.54) is 25.7 Å². The molecule has 0 aliphatic heterocycles. The second-order valence-corrected chi connectivity index (χ2v) is 5.36. The number of H-pyrrole nitrogens is 1. The van der Waals surface area contributed by atoms with Crippen LogP contribution in [0.5, 0.6) is 0 Å². The van der Waals surface area contributed by atoms with E-state index in [-0.39, 0.29) is 0 Å². The van der Waals surface area contributed by atoms with Crippen molar-refractivity contribution in [3.05, 3.63) is 6.20 Å². The molecule has 2 aliphatic rings. The number of hydrogen-bond donors (Lipinski definition) is 2. The summed E-state index contributed by atoms with van der Waals surface area (Å²) >= 11 is 0. The highest BCUT2D eigenvalue weighted by Crippen LogP contribution is 2.38. The van der Waals surface area contributed by atoms with Gasteiger partial charge in [-0.05, 0) is 31.6 Å². The van der Waals surface area contributed by atoms with E-state index in [1.807, 2.05) is 0 Å². The Kier molecular flexibility index (Phi) is 2.00. The Morgan fingerprint density at radius 1 is 1.28 bits per heavy atom. The predicted molar refractivity (Wildman–Crippen MR) is 69.2 cm³/mol. The van der Waals surface area contributed by atoms with Gasteiger partial charge < -0.3 is 10.6 Å². The summed E-state index contributed by atoms with van der Waals surface area (Å²) in [4.78, 5) is 11.0. The second-order valence-electron chi connectivity index (χ2n) is 5.36. The quantitative estimate of drug-likeness (QED) is 0.847. The van der Waals surface area contributed by atoms with Crippen molar-refractivity contribution in [3.63, 3.8) is 0 Å². The van der Waals surface area contributed by atoms with Gasteiger partial charge in [0.15, 0.2) is 5.65 Å². The first-order chi connectivity index (χ1) is 8.81. The minimum absolute atomic E-state index is 0.322. The zero-order chi connectivity index (χ0) is 12.1. The maximum absolute atomic E-state index is 5.79. The lowest BCUT2D eigenvalue weighted by Crippen LogP contribution is -2.29. The van der Waals surface area contributed by atoms with Gasteiger partial charge in [0.1, 0.15) is 5.82 Å². The summed E-state index contributed by atoms with van der Waals surface area (Å²) in [6.45, 7) is 1.10. The molecule has 94 valence electrons. The molecule has 0 aromatic carbocycles. The maximum atomic E-state index is 5.79. The van der Waals surface area contributed by atoms with Crippen molar-refractivity contribution in [1.29, 1.82) is 0 Å². The van der Waals surface area contributed by atoms with Crippen LogP contribution in [0.4, 0.5) is 11.8 Å². The highest BCUT2D eigenvalue weighted by molar-refractivity contribution is 5.87. The molecule has 0 atom stereocenters. The van der Waals surface area contributed by atoms with Crippen LogP contribution in [-0.2, 0) is 0 Å². The fourth-order valence-corrected chi connectivity index (χ4v) is 2.43. The Hall–Kier alpha value is -1.85. The fourth-order valence-electron chi connectivity index (χ4n) is 2.43. The Bertz CT molecular complexity index is 583. The molecule has 0 radical (unpaired) electrons. The molecule has 0 unspecified atom stereocenters. The van der Waals surface area contributed by atoms with Crippen LogP contribution in [0.2, 0.25) is 0 Å². The number of nitrogens with zero attached hydrogens (tertiary/aromatic N) is 4. The average Bonchev–Trinajstić information content (AvgIpc) is 3.24. The zero-order valence-electron chi connectivity index (χ0n) is 10.1. The van der Waals surface area contributed by atoms with Crippen LogP contribution < -0.4 is 10.6 Å². The number of nitrogens with one attached hydrogen (secondary N) is 1. The summed E-state index contributed by atoms with van der Waals surface area (Å²) in [6, 6.07) is 0.637. The largest absolute Gasteiger partial charge is 0.368 e. The monoisotopic (exact) mass is 244 g/mol. The standard InChI is InChI=1S/C12H16N6/c13-12-15-10-9(5-14-17-10)11(16-12)18(8-3-4-8)6-7-1-2-7/h5,7-8H,1-4,6H2,(H3,13,14,15,16,17). The molecule has 0 bridgehead atoms. The molecule has 6 nitrogen and oxygen atoms in total. The molecule has 0 spiro atoms. The van der Waals surface area contributed by atoms with Gasteiger partial charge in [-0.15, -0.1) is 0 Å². The Morgan fingerprint density at radius 2 is 2.11 bits per heavy atom. The van der Waals surface area contributed by atoms with Crippen LogP contribution >= 0.6 is 0 Å². The summed E-state index contributed by atoms with van der Waals surface area (Å²) < 4.78 is 0. The van der Waals surface area contributed by atoms with Crippen LogP contribution in [0.3, 0.4) is 0 Å². The Morgan fingerprint density at radius 3 is 2.83 bits per heavy atom. The van der Waals surface area contributed by atoms with Crippen LogP contribution in [0.15, 0.2) is 6.20 Å². The van der Waals surface area contributed by atoms with E-state index in [9.17, 15) is 0 Å². The van der Waals surface area contributed by atoms with Gasteiger partial charge in [0.2, 0.25) is 5.95 Å². The van der Waals surface area contributed by atoms with Crippen molar-refractivity contribution in [3.8, 4) is 0 Å². The molecular weight excluding hydrogens is 228 g/mol. The highest BCUT2D eigenvalue weighted by Gasteiger charge is 2.35. The topological polar surface area (TPSA) is 83.7 Å². The maximum Gasteiger partial charge on any atom is 0.224 e. The fraction of sp³-hybridized carbons (Fsp3) is 0.583. The Balaban J connectivity index is 1.79. The summed E-state index contributed by atoms with van der Waals surface area (Å²) in [5, 5.41) is 7.91. The number of aromatic amines is 1. The van der Waals surface area contributed by atoms with E-state index >= 15 is 0 Å². The van der Waals surface area contributed by atoms with E-state index in [4.69, 9.17) is 5.73 Å². The molecule has 2 saturated carbocycles. The molecule has 2 aromatic rings. The van der Waals surface area contributed by atoms with Crippen LogP contribution in [0, 0.1) is 5.92 Å². The van der Waals surface area contributed by atoms with Gasteiger partial charge >= 0.3 is 0 Å². The molecule has 2 fully saturated rings. The lowest BCUT2D eigenvalue weighted by atomic mass is 10.3. The van der Waals surface area contributed by atoms with E-state index in [0.717, 1.165) is 29.3 Å².